The van der Waals surface area contributed by atoms with E-state index in [1.807, 2.05) is 71.8 Å². The number of aromatic nitrogens is 4. The number of piperidine rings is 1. The minimum Gasteiger partial charge on any atom is -0.369 e. The predicted molar refractivity (Wildman–Crippen MR) is 178 cm³/mol. The molecule has 0 aliphatic carbocycles. The Kier molecular flexibility index (Phi) is 7.23. The highest BCUT2D eigenvalue weighted by atomic mass is 16.2. The first-order valence-electron chi connectivity index (χ1n) is 15.8. The molecule has 5 heterocycles. The number of fused-ring (bicyclic) bond motifs is 2. The van der Waals surface area contributed by atoms with E-state index in [4.69, 9.17) is 4.98 Å². The number of amides is 2. The van der Waals surface area contributed by atoms with E-state index >= 15 is 0 Å². The molecule has 8 rings (SSSR count). The summed E-state index contributed by atoms with van der Waals surface area (Å²) in [4.78, 5) is 38.4. The van der Waals surface area contributed by atoms with Crippen LogP contribution in [0.15, 0.2) is 104 Å². The van der Waals surface area contributed by atoms with Crippen molar-refractivity contribution in [2.24, 2.45) is 0 Å². The molecule has 228 valence electrons. The van der Waals surface area contributed by atoms with E-state index < -0.39 is 0 Å². The first-order valence-corrected chi connectivity index (χ1v) is 15.8. The highest BCUT2D eigenvalue weighted by Gasteiger charge is 2.30. The minimum atomic E-state index is -0.262. The van der Waals surface area contributed by atoms with Crippen molar-refractivity contribution < 1.29 is 9.59 Å². The molecule has 1 atom stereocenters. The Hall–Kier alpha value is -5.41. The van der Waals surface area contributed by atoms with Crippen LogP contribution in [0.2, 0.25) is 0 Å². The van der Waals surface area contributed by atoms with E-state index in [9.17, 15) is 9.59 Å². The third-order valence-corrected chi connectivity index (χ3v) is 9.30. The molecule has 9 heteroatoms. The molecule has 0 bridgehead atoms. The second kappa shape index (κ2) is 11.8. The predicted octanol–water partition coefficient (Wildman–Crippen LogP) is 5.45. The molecule has 1 N–H and O–H groups in total. The quantitative estimate of drug-likeness (QED) is 0.252. The molecule has 3 aromatic carbocycles. The number of anilines is 1. The van der Waals surface area contributed by atoms with E-state index in [1.54, 1.807) is 0 Å². The maximum atomic E-state index is 12.6. The number of benzene rings is 3. The lowest BCUT2D eigenvalue weighted by atomic mass is 9.87. The van der Waals surface area contributed by atoms with Crippen LogP contribution in [-0.4, -0.2) is 62.5 Å². The van der Waals surface area contributed by atoms with Crippen molar-refractivity contribution in [3.05, 3.63) is 115 Å². The minimum absolute atomic E-state index is 0.178. The van der Waals surface area contributed by atoms with Crippen LogP contribution < -0.4 is 10.2 Å². The number of nitrogens with zero attached hydrogens (tertiary/aromatic N) is 6. The number of para-hydroxylation sites is 1. The van der Waals surface area contributed by atoms with Crippen molar-refractivity contribution in [1.29, 1.82) is 0 Å². The summed E-state index contributed by atoms with van der Waals surface area (Å²) >= 11 is 0. The average Bonchev–Trinajstić information content (AvgIpc) is 3.52. The fraction of sp³-hybridized carbons (Fsp3) is 0.216. The van der Waals surface area contributed by atoms with Crippen molar-refractivity contribution in [2.75, 3.05) is 31.1 Å². The lowest BCUT2D eigenvalue weighted by Crippen LogP contribution is -2.46. The Morgan fingerprint density at radius 2 is 1.59 bits per heavy atom. The summed E-state index contributed by atoms with van der Waals surface area (Å²) in [7, 11) is 0. The van der Waals surface area contributed by atoms with Crippen LogP contribution in [0.1, 0.15) is 29.9 Å². The van der Waals surface area contributed by atoms with Crippen LogP contribution in [0.5, 0.6) is 0 Å². The molecule has 9 nitrogen and oxygen atoms in total. The summed E-state index contributed by atoms with van der Waals surface area (Å²) in [6.45, 7) is 4.50. The van der Waals surface area contributed by atoms with Crippen LogP contribution in [0.4, 0.5) is 5.69 Å². The maximum Gasteiger partial charge on any atom is 0.234 e. The molecule has 6 aromatic rings. The molecule has 0 spiro atoms. The molecule has 2 amide bonds. The molecule has 2 fully saturated rings. The Morgan fingerprint density at radius 1 is 0.783 bits per heavy atom. The van der Waals surface area contributed by atoms with E-state index in [0.717, 1.165) is 77.1 Å². The lowest BCUT2D eigenvalue weighted by molar-refractivity contribution is -0.134. The van der Waals surface area contributed by atoms with Gasteiger partial charge in [-0.2, -0.15) is 5.10 Å². The number of carbonyl (C=O) groups excluding carboxylic acids is 2. The number of pyridine rings is 1. The zero-order chi connectivity index (χ0) is 31.0. The van der Waals surface area contributed by atoms with Gasteiger partial charge >= 0.3 is 0 Å². The standard InChI is InChI=1S/C37H33N7O2/c45-35-14-13-32(37(46)41-35)29-6-2-1-5-26(29)23-42-17-19-43(20-18-42)28-11-9-25(10-12-28)27-21-39-36-33(22-40-44(36)24-27)30-15-16-38-34-8-4-3-7-31(30)34/h1-12,15-16,21-22,24,32H,13-14,17-20,23H2,(H,41,45,46). The van der Waals surface area contributed by atoms with Gasteiger partial charge in [0.15, 0.2) is 5.65 Å². The SMILES string of the molecule is O=C1CCC(c2ccccc2CN2CCN(c3ccc(-c4cnc5c(-c6ccnc7ccccc67)cnn5c4)cc3)CC2)C(=O)N1. The summed E-state index contributed by atoms with van der Waals surface area (Å²) in [6.07, 6.45) is 8.63. The van der Waals surface area contributed by atoms with Crippen molar-refractivity contribution >= 4 is 34.1 Å². The molecule has 2 aliphatic heterocycles. The Labute approximate surface area is 266 Å². The van der Waals surface area contributed by atoms with Gasteiger partial charge in [0.1, 0.15) is 0 Å². The first-order chi connectivity index (χ1) is 22.6. The lowest BCUT2D eigenvalue weighted by Gasteiger charge is -2.36. The monoisotopic (exact) mass is 607 g/mol. The second-order valence-corrected chi connectivity index (χ2v) is 12.1. The molecule has 2 aliphatic rings. The Bertz CT molecular complexity index is 2070. The number of rotatable bonds is 6. The van der Waals surface area contributed by atoms with Gasteiger partial charge in [0.05, 0.1) is 17.6 Å². The Morgan fingerprint density at radius 3 is 2.43 bits per heavy atom. The topological polar surface area (TPSA) is 95.7 Å². The van der Waals surface area contributed by atoms with E-state index in [-0.39, 0.29) is 17.7 Å². The molecular formula is C37H33N7O2. The second-order valence-electron chi connectivity index (χ2n) is 12.1. The van der Waals surface area contributed by atoms with Gasteiger partial charge in [0, 0.05) is 79.9 Å². The van der Waals surface area contributed by atoms with Crippen LogP contribution in [0.25, 0.3) is 38.8 Å². The maximum absolute atomic E-state index is 12.6. The van der Waals surface area contributed by atoms with Crippen molar-refractivity contribution in [3.63, 3.8) is 0 Å². The van der Waals surface area contributed by atoms with Crippen molar-refractivity contribution in [3.8, 4) is 22.3 Å². The van der Waals surface area contributed by atoms with Crippen molar-refractivity contribution in [1.82, 2.24) is 29.8 Å². The number of hydrogen-bond acceptors (Lipinski definition) is 7. The van der Waals surface area contributed by atoms with Gasteiger partial charge in [-0.1, -0.05) is 54.6 Å². The zero-order valence-electron chi connectivity index (χ0n) is 25.3. The van der Waals surface area contributed by atoms with E-state index in [1.165, 1.54) is 11.3 Å². The first kappa shape index (κ1) is 28.1. The van der Waals surface area contributed by atoms with E-state index in [2.05, 4.69) is 61.6 Å². The summed E-state index contributed by atoms with van der Waals surface area (Å²) in [5.74, 6) is -0.620. The number of piperazine rings is 1. The van der Waals surface area contributed by atoms with E-state index in [0.29, 0.717) is 12.8 Å². The average molecular weight is 608 g/mol. The normalized spacial score (nSPS) is 17.5. The largest absolute Gasteiger partial charge is 0.369 e. The molecule has 46 heavy (non-hydrogen) atoms. The highest BCUT2D eigenvalue weighted by Crippen LogP contribution is 2.32. The van der Waals surface area contributed by atoms with Gasteiger partial charge in [-0.3, -0.25) is 24.8 Å². The third kappa shape index (κ3) is 5.28. The number of imide groups is 1. The smallest absolute Gasteiger partial charge is 0.234 e. The summed E-state index contributed by atoms with van der Waals surface area (Å²) in [5, 5.41) is 8.23. The van der Waals surface area contributed by atoms with Gasteiger partial charge in [-0.15, -0.1) is 0 Å². The number of nitrogens with one attached hydrogen (secondary N) is 1. The molecule has 2 saturated heterocycles. The fourth-order valence-corrected chi connectivity index (χ4v) is 6.82. The summed E-state index contributed by atoms with van der Waals surface area (Å²) in [6, 6.07) is 27.0. The number of hydrogen-bond donors (Lipinski definition) is 1. The van der Waals surface area contributed by atoms with Gasteiger partial charge in [0.25, 0.3) is 0 Å². The summed E-state index contributed by atoms with van der Waals surface area (Å²) in [5.41, 5.74) is 9.33. The van der Waals surface area contributed by atoms with Gasteiger partial charge in [-0.05, 0) is 52.9 Å². The third-order valence-electron chi connectivity index (χ3n) is 9.30. The molecule has 1 unspecified atom stereocenters. The number of carbonyl (C=O) groups is 2. The zero-order valence-corrected chi connectivity index (χ0v) is 25.3. The van der Waals surface area contributed by atoms with Gasteiger partial charge in [0.2, 0.25) is 11.8 Å². The highest BCUT2D eigenvalue weighted by molar-refractivity contribution is 6.01. The van der Waals surface area contributed by atoms with Crippen molar-refractivity contribution in [2.45, 2.75) is 25.3 Å². The Balaban J connectivity index is 0.937. The molecular weight excluding hydrogens is 574 g/mol. The van der Waals surface area contributed by atoms with Crippen LogP contribution in [0, 0.1) is 0 Å². The van der Waals surface area contributed by atoms with Gasteiger partial charge in [-0.25, -0.2) is 9.50 Å². The molecule has 0 radical (unpaired) electrons. The fourth-order valence-electron chi connectivity index (χ4n) is 6.82. The molecule has 3 aromatic heterocycles. The van der Waals surface area contributed by atoms with Crippen LogP contribution in [0.3, 0.4) is 0 Å². The van der Waals surface area contributed by atoms with Gasteiger partial charge < -0.3 is 4.90 Å². The molecule has 0 saturated carbocycles. The summed E-state index contributed by atoms with van der Waals surface area (Å²) < 4.78 is 1.85. The van der Waals surface area contributed by atoms with Crippen LogP contribution >= 0.6 is 0 Å². The van der Waals surface area contributed by atoms with Crippen LogP contribution in [-0.2, 0) is 16.1 Å².